The molecule has 1 N–H and O–H groups in total. The van der Waals surface area contributed by atoms with Gasteiger partial charge in [-0.1, -0.05) is 67.1 Å². The van der Waals surface area contributed by atoms with Crippen molar-refractivity contribution < 1.29 is 9.53 Å². The van der Waals surface area contributed by atoms with E-state index in [-0.39, 0.29) is 11.1 Å². The molecule has 150 valence electrons. The summed E-state index contributed by atoms with van der Waals surface area (Å²) < 4.78 is 7.09. The third-order valence-electron chi connectivity index (χ3n) is 6.20. The second-order valence-electron chi connectivity index (χ2n) is 8.65. The van der Waals surface area contributed by atoms with Gasteiger partial charge in [-0.3, -0.25) is 0 Å². The fourth-order valence-corrected chi connectivity index (χ4v) is 9.96. The molecule has 5 nitrogen and oxygen atoms in total. The molecule has 1 fully saturated rings. The van der Waals surface area contributed by atoms with Gasteiger partial charge >= 0.3 is 0 Å². The second kappa shape index (κ2) is 8.66. The summed E-state index contributed by atoms with van der Waals surface area (Å²) in [6.45, 7) is 8.76. The van der Waals surface area contributed by atoms with E-state index in [1.807, 2.05) is 6.07 Å². The van der Waals surface area contributed by atoms with Gasteiger partial charge in [0.2, 0.25) is 0 Å². The van der Waals surface area contributed by atoms with Crippen molar-refractivity contribution in [2.24, 2.45) is 5.11 Å². The van der Waals surface area contributed by atoms with Crippen LogP contribution in [0.2, 0.25) is 5.04 Å². The van der Waals surface area contributed by atoms with Gasteiger partial charge in [-0.15, -0.1) is 0 Å². The van der Waals surface area contributed by atoms with Gasteiger partial charge in [-0.2, -0.15) is 0 Å². The van der Waals surface area contributed by atoms with E-state index in [1.54, 1.807) is 0 Å². The molecule has 0 aromatic heterocycles. The predicted octanol–water partition coefficient (Wildman–Crippen LogP) is 5.07. The Morgan fingerprint density at radius 2 is 2.07 bits per heavy atom. The van der Waals surface area contributed by atoms with Gasteiger partial charge in [0.1, 0.15) is 0 Å². The summed E-state index contributed by atoms with van der Waals surface area (Å²) in [5.41, 5.74) is 9.86. The first-order valence-electron chi connectivity index (χ1n) is 10.2. The first kappa shape index (κ1) is 20.9. The van der Waals surface area contributed by atoms with Crippen LogP contribution in [0.1, 0.15) is 52.4 Å². The molecule has 1 unspecified atom stereocenters. The number of hydrogen-bond acceptors (Lipinski definition) is 3. The Bertz CT molecular complexity index is 786. The van der Waals surface area contributed by atoms with Crippen molar-refractivity contribution in [2.75, 3.05) is 6.54 Å². The summed E-state index contributed by atoms with van der Waals surface area (Å²) in [5, 5.41) is 16.5. The van der Waals surface area contributed by atoms with Gasteiger partial charge in [0, 0.05) is 17.9 Å². The highest BCUT2D eigenvalue weighted by atomic mass is 28.4. The molecule has 2 aliphatic rings. The second-order valence-corrected chi connectivity index (χ2v) is 12.8. The van der Waals surface area contributed by atoms with Crippen molar-refractivity contribution in [3.05, 3.63) is 64.2 Å². The normalized spacial score (nSPS) is 25.0. The average Bonchev–Trinajstić information content (AvgIpc) is 3.02. The third-order valence-corrected chi connectivity index (χ3v) is 11.5. The Hall–Kier alpha value is -1.85. The van der Waals surface area contributed by atoms with E-state index in [4.69, 9.17) is 9.96 Å². The molecule has 0 saturated heterocycles. The number of nitrogens with zero attached hydrogens (tertiary/aromatic N) is 3. The van der Waals surface area contributed by atoms with Crippen LogP contribution in [-0.2, 0) is 4.43 Å². The lowest BCUT2D eigenvalue weighted by Gasteiger charge is -2.48. The highest BCUT2D eigenvalue weighted by Crippen LogP contribution is 2.47. The molecular weight excluding hydrogens is 366 g/mol. The smallest absolute Gasteiger partial charge is 0.257 e. The summed E-state index contributed by atoms with van der Waals surface area (Å²) in [7, 11) is -2.72. The molecule has 3 rings (SSSR count). The minimum absolute atomic E-state index is 0.0532. The van der Waals surface area contributed by atoms with Crippen LogP contribution in [0.4, 0.5) is 0 Å². The third kappa shape index (κ3) is 3.96. The number of rotatable bonds is 7. The van der Waals surface area contributed by atoms with Gasteiger partial charge in [0.15, 0.2) is 0 Å². The SMILES string of the molecule is C=C1C[C@@H](O[Si](C2=CCCCC2)(c2ccccc2)C(C)(C)CN=[N+]=[N-])C[C@H]1O. The molecule has 0 amide bonds. The molecule has 28 heavy (non-hydrogen) atoms. The van der Waals surface area contributed by atoms with Crippen molar-refractivity contribution in [2.45, 2.75) is 69.6 Å². The number of azide groups is 1. The lowest BCUT2D eigenvalue weighted by molar-refractivity contribution is 0.149. The topological polar surface area (TPSA) is 78.2 Å². The van der Waals surface area contributed by atoms with Crippen LogP contribution in [0.5, 0.6) is 0 Å². The monoisotopic (exact) mass is 397 g/mol. The lowest BCUT2D eigenvalue weighted by Crippen LogP contribution is -2.63. The van der Waals surface area contributed by atoms with Gasteiger partial charge in [0.05, 0.1) is 12.2 Å². The van der Waals surface area contributed by atoms with Crippen molar-refractivity contribution in [3.63, 3.8) is 0 Å². The zero-order valence-electron chi connectivity index (χ0n) is 17.0. The molecule has 1 aromatic rings. The number of allylic oxidation sites excluding steroid dienone is 2. The highest BCUT2D eigenvalue weighted by molar-refractivity contribution is 6.95. The fourth-order valence-electron chi connectivity index (χ4n) is 4.73. The molecule has 2 aliphatic carbocycles. The van der Waals surface area contributed by atoms with E-state index in [1.165, 1.54) is 16.8 Å². The quantitative estimate of drug-likeness (QED) is 0.229. The van der Waals surface area contributed by atoms with Gasteiger partial charge in [-0.25, -0.2) is 0 Å². The number of aliphatic hydroxyl groups is 1. The first-order valence-corrected chi connectivity index (χ1v) is 12.1. The Balaban J connectivity index is 2.15. The molecule has 0 spiro atoms. The maximum Gasteiger partial charge on any atom is 0.257 e. The molecule has 1 aromatic carbocycles. The number of aliphatic hydroxyl groups excluding tert-OH is 1. The van der Waals surface area contributed by atoms with Crippen molar-refractivity contribution >= 4 is 13.5 Å². The molecule has 0 aliphatic heterocycles. The maximum absolute atomic E-state index is 10.2. The van der Waals surface area contributed by atoms with Crippen molar-refractivity contribution in [3.8, 4) is 0 Å². The molecule has 0 radical (unpaired) electrons. The number of benzene rings is 1. The molecular formula is C22H31N3O2Si. The summed E-state index contributed by atoms with van der Waals surface area (Å²) in [5.74, 6) is 0. The number of hydrogen-bond donors (Lipinski definition) is 1. The van der Waals surface area contributed by atoms with Crippen LogP contribution < -0.4 is 5.19 Å². The van der Waals surface area contributed by atoms with E-state index in [0.29, 0.717) is 19.4 Å². The fraction of sp³-hybridized carbons (Fsp3) is 0.545. The van der Waals surface area contributed by atoms with E-state index in [0.717, 1.165) is 24.8 Å². The first-order chi connectivity index (χ1) is 13.4. The minimum atomic E-state index is -2.72. The Morgan fingerprint density at radius 3 is 2.64 bits per heavy atom. The van der Waals surface area contributed by atoms with Crippen LogP contribution in [0.15, 0.2) is 58.9 Å². The van der Waals surface area contributed by atoms with E-state index >= 15 is 0 Å². The van der Waals surface area contributed by atoms with Crippen LogP contribution in [-0.4, -0.2) is 32.2 Å². The molecule has 1 saturated carbocycles. The molecule has 6 heteroatoms. The van der Waals surface area contributed by atoms with Gasteiger partial charge in [-0.05, 0) is 53.4 Å². The van der Waals surface area contributed by atoms with Crippen LogP contribution in [0.25, 0.3) is 10.4 Å². The van der Waals surface area contributed by atoms with Gasteiger partial charge < -0.3 is 9.53 Å². The Kier molecular flexibility index (Phi) is 6.46. The van der Waals surface area contributed by atoms with Crippen LogP contribution in [0.3, 0.4) is 0 Å². The molecule has 0 heterocycles. The Morgan fingerprint density at radius 1 is 1.32 bits per heavy atom. The standard InChI is InChI=1S/C22H31N3O2Si/c1-17-14-18(15-21(17)26)27-28(19-10-6-4-7-11-19,20-12-8-5-9-13-20)22(2,3)16-24-25-23/h4,6-7,10-12,18,21,26H,1,5,8-9,13-16H2,2-3H3/t18-,21-,28?/m1/s1. The molecule has 3 atom stereocenters. The minimum Gasteiger partial charge on any atom is -0.404 e. The summed E-state index contributed by atoms with van der Waals surface area (Å²) in [6, 6.07) is 10.5. The summed E-state index contributed by atoms with van der Waals surface area (Å²) in [6.07, 6.45) is 7.57. The predicted molar refractivity (Wildman–Crippen MR) is 116 cm³/mol. The van der Waals surface area contributed by atoms with Gasteiger partial charge in [0.25, 0.3) is 8.32 Å². The Labute approximate surface area is 168 Å². The average molecular weight is 398 g/mol. The van der Waals surface area contributed by atoms with Crippen LogP contribution >= 0.6 is 0 Å². The van der Waals surface area contributed by atoms with E-state index in [9.17, 15) is 5.11 Å². The van der Waals surface area contributed by atoms with Crippen molar-refractivity contribution in [1.29, 1.82) is 0 Å². The molecule has 0 bridgehead atoms. The summed E-state index contributed by atoms with van der Waals surface area (Å²) in [4.78, 5) is 3.05. The highest BCUT2D eigenvalue weighted by Gasteiger charge is 2.55. The maximum atomic E-state index is 10.2. The summed E-state index contributed by atoms with van der Waals surface area (Å²) >= 11 is 0. The lowest BCUT2D eigenvalue weighted by atomic mass is 10.1. The van der Waals surface area contributed by atoms with E-state index in [2.05, 4.69) is 60.8 Å². The van der Waals surface area contributed by atoms with Crippen LogP contribution in [0, 0.1) is 0 Å². The zero-order valence-corrected chi connectivity index (χ0v) is 18.0. The largest absolute Gasteiger partial charge is 0.404 e. The van der Waals surface area contributed by atoms with E-state index < -0.39 is 14.4 Å². The van der Waals surface area contributed by atoms with Crippen molar-refractivity contribution in [1.82, 2.24) is 0 Å². The zero-order chi connectivity index (χ0) is 20.2.